The van der Waals surface area contributed by atoms with Gasteiger partial charge in [0.25, 0.3) is 0 Å². The quantitative estimate of drug-likeness (QED) is 0.119. The Balaban J connectivity index is 1.76. The Bertz CT molecular complexity index is 979. The molecule has 0 aliphatic carbocycles. The van der Waals surface area contributed by atoms with Gasteiger partial charge in [-0.15, -0.1) is 0 Å². The minimum absolute atomic E-state index is 0.130. The third-order valence-electron chi connectivity index (χ3n) is 5.66. The number of ether oxygens (including phenoxy) is 3. The molecule has 0 aliphatic rings. The molecule has 0 radical (unpaired) electrons. The van der Waals surface area contributed by atoms with Crippen molar-refractivity contribution in [3.8, 4) is 17.2 Å². The maximum Gasteiger partial charge on any atom is 0.343 e. The van der Waals surface area contributed by atoms with Gasteiger partial charge >= 0.3 is 11.9 Å². The van der Waals surface area contributed by atoms with E-state index in [2.05, 4.69) is 6.92 Å². The van der Waals surface area contributed by atoms with Crippen LogP contribution in [0.25, 0.3) is 0 Å². The Kier molecular flexibility index (Phi) is 12.4. The number of ketones is 2. The van der Waals surface area contributed by atoms with Crippen molar-refractivity contribution in [3.63, 3.8) is 0 Å². The average molecular weight is 497 g/mol. The van der Waals surface area contributed by atoms with Crippen LogP contribution in [-0.2, 0) is 14.4 Å². The van der Waals surface area contributed by atoms with E-state index in [-0.39, 0.29) is 11.5 Å². The van der Waals surface area contributed by atoms with Crippen LogP contribution in [0.5, 0.6) is 17.2 Å². The summed E-state index contributed by atoms with van der Waals surface area (Å²) in [6.45, 7) is 5.19. The van der Waals surface area contributed by atoms with Gasteiger partial charge in [-0.25, -0.2) is 4.79 Å². The van der Waals surface area contributed by atoms with Gasteiger partial charge in [0, 0.05) is 0 Å². The van der Waals surface area contributed by atoms with Crippen LogP contribution in [0.3, 0.4) is 0 Å². The van der Waals surface area contributed by atoms with Crippen LogP contribution in [0.1, 0.15) is 82.5 Å². The van der Waals surface area contributed by atoms with Crippen LogP contribution in [-0.4, -0.2) is 30.1 Å². The number of carbonyl (C=O) groups excluding carboxylic acids is 4. The molecule has 0 bridgehead atoms. The highest BCUT2D eigenvalue weighted by atomic mass is 16.5. The fourth-order valence-electron chi connectivity index (χ4n) is 3.65. The maximum absolute atomic E-state index is 12.4. The molecule has 0 atom stereocenters. The Hall–Kier alpha value is -3.48. The van der Waals surface area contributed by atoms with E-state index in [0.717, 1.165) is 26.7 Å². The lowest BCUT2D eigenvalue weighted by Crippen LogP contribution is -2.32. The van der Waals surface area contributed by atoms with Gasteiger partial charge in [0.15, 0.2) is 17.5 Å². The molecule has 2 aromatic rings. The Morgan fingerprint density at radius 3 is 1.64 bits per heavy atom. The molecule has 7 nitrogen and oxygen atoms in total. The Morgan fingerprint density at radius 1 is 0.639 bits per heavy atom. The third-order valence-corrected chi connectivity index (χ3v) is 5.66. The fraction of sp³-hybridized carbons (Fsp3) is 0.448. The number of hydrogen-bond acceptors (Lipinski definition) is 7. The van der Waals surface area contributed by atoms with Gasteiger partial charge in [-0.1, -0.05) is 51.9 Å². The predicted octanol–water partition coefficient (Wildman–Crippen LogP) is 6.12. The second-order valence-corrected chi connectivity index (χ2v) is 8.78. The molecule has 0 unspecified atom stereocenters. The highest BCUT2D eigenvalue weighted by Crippen LogP contribution is 2.21. The minimum Gasteiger partial charge on any atom is -0.494 e. The van der Waals surface area contributed by atoms with E-state index in [0.29, 0.717) is 17.9 Å². The summed E-state index contributed by atoms with van der Waals surface area (Å²) < 4.78 is 16.2. The molecule has 0 fully saturated rings. The molecule has 0 saturated carbocycles. The van der Waals surface area contributed by atoms with Crippen molar-refractivity contribution in [2.24, 2.45) is 5.92 Å². The van der Waals surface area contributed by atoms with Gasteiger partial charge in [0.05, 0.1) is 12.2 Å². The number of Topliss-reactive ketones (excluding diaryl/α,β-unsaturated/α-hetero) is 2. The van der Waals surface area contributed by atoms with E-state index in [1.54, 1.807) is 24.3 Å². The second-order valence-electron chi connectivity index (χ2n) is 8.78. The summed E-state index contributed by atoms with van der Waals surface area (Å²) >= 11 is 0. The Morgan fingerprint density at radius 2 is 1.11 bits per heavy atom. The molecule has 2 rings (SSSR count). The van der Waals surface area contributed by atoms with Crippen molar-refractivity contribution in [1.29, 1.82) is 0 Å². The highest BCUT2D eigenvalue weighted by molar-refractivity contribution is 6.16. The van der Waals surface area contributed by atoms with Crippen LogP contribution < -0.4 is 14.2 Å². The average Bonchev–Trinajstić information content (AvgIpc) is 2.84. The van der Waals surface area contributed by atoms with Crippen LogP contribution >= 0.6 is 0 Å². The molecule has 7 heteroatoms. The van der Waals surface area contributed by atoms with E-state index in [1.165, 1.54) is 62.8 Å². The molecular formula is C29H36O7. The number of carbonyl (C=O) groups is 4. The Labute approximate surface area is 213 Å². The van der Waals surface area contributed by atoms with Crippen LogP contribution in [0.2, 0.25) is 0 Å². The van der Waals surface area contributed by atoms with Gasteiger partial charge in [-0.2, -0.15) is 0 Å². The van der Waals surface area contributed by atoms with Gasteiger partial charge in [0.1, 0.15) is 17.2 Å². The van der Waals surface area contributed by atoms with Gasteiger partial charge in [0.2, 0.25) is 0 Å². The molecule has 194 valence electrons. The first-order valence-electron chi connectivity index (χ1n) is 12.6. The predicted molar refractivity (Wildman–Crippen MR) is 136 cm³/mol. The summed E-state index contributed by atoms with van der Waals surface area (Å²) in [5.41, 5.74) is 0.371. The summed E-state index contributed by atoms with van der Waals surface area (Å²) in [5, 5.41) is 0. The molecule has 0 heterocycles. The molecule has 36 heavy (non-hydrogen) atoms. The summed E-state index contributed by atoms with van der Waals surface area (Å²) in [5.74, 6) is -3.00. The lowest BCUT2D eigenvalue weighted by atomic mass is 10.0. The van der Waals surface area contributed by atoms with Crippen LogP contribution in [0.15, 0.2) is 48.5 Å². The number of esters is 2. The van der Waals surface area contributed by atoms with E-state index >= 15 is 0 Å². The van der Waals surface area contributed by atoms with Crippen molar-refractivity contribution >= 4 is 23.5 Å². The van der Waals surface area contributed by atoms with Gasteiger partial charge in [-0.3, -0.25) is 14.4 Å². The van der Waals surface area contributed by atoms with Gasteiger partial charge < -0.3 is 14.2 Å². The van der Waals surface area contributed by atoms with Crippen LogP contribution in [0.4, 0.5) is 0 Å². The van der Waals surface area contributed by atoms with Crippen molar-refractivity contribution in [1.82, 2.24) is 0 Å². The van der Waals surface area contributed by atoms with Crippen molar-refractivity contribution in [2.75, 3.05) is 6.61 Å². The number of hydrogen-bond donors (Lipinski definition) is 0. The maximum atomic E-state index is 12.4. The van der Waals surface area contributed by atoms with Crippen molar-refractivity contribution < 1.29 is 33.4 Å². The van der Waals surface area contributed by atoms with E-state index in [4.69, 9.17) is 14.2 Å². The smallest absolute Gasteiger partial charge is 0.343 e. The third kappa shape index (κ3) is 10.0. The normalized spacial score (nSPS) is 10.7. The monoisotopic (exact) mass is 496 g/mol. The van der Waals surface area contributed by atoms with Crippen LogP contribution in [0, 0.1) is 5.92 Å². The lowest BCUT2D eigenvalue weighted by molar-refractivity contribution is -0.147. The van der Waals surface area contributed by atoms with E-state index in [9.17, 15) is 19.2 Å². The number of benzene rings is 2. The first-order chi connectivity index (χ1) is 17.3. The summed E-state index contributed by atoms with van der Waals surface area (Å²) in [7, 11) is 0. The summed E-state index contributed by atoms with van der Waals surface area (Å²) in [4.78, 5) is 47.5. The summed E-state index contributed by atoms with van der Waals surface area (Å²) in [6.07, 6.45) is 9.91. The minimum atomic E-state index is -1.45. The zero-order valence-corrected chi connectivity index (χ0v) is 21.4. The number of rotatable bonds is 16. The first kappa shape index (κ1) is 28.8. The highest BCUT2D eigenvalue weighted by Gasteiger charge is 2.30. The largest absolute Gasteiger partial charge is 0.494 e. The molecular weight excluding hydrogens is 460 g/mol. The standard InChI is InChI=1S/C29H36O7/c1-4-5-6-7-8-9-10-11-20-34-24-14-12-23(13-15-24)28(32)35-25-16-18-26(19-17-25)36-29(33)27(21(2)30)22(3)31/h12-19,27H,4-11,20H2,1-3H3. The fourth-order valence-corrected chi connectivity index (χ4v) is 3.65. The molecule has 0 aliphatic heterocycles. The second kappa shape index (κ2) is 15.5. The molecule has 2 aromatic carbocycles. The van der Waals surface area contributed by atoms with E-state index < -0.39 is 29.4 Å². The zero-order chi connectivity index (χ0) is 26.3. The molecule has 0 N–H and O–H groups in total. The molecule has 0 spiro atoms. The molecule has 0 aromatic heterocycles. The first-order valence-corrected chi connectivity index (χ1v) is 12.6. The van der Waals surface area contributed by atoms with E-state index in [1.807, 2.05) is 0 Å². The van der Waals surface area contributed by atoms with Crippen molar-refractivity contribution in [2.45, 2.75) is 72.1 Å². The SMILES string of the molecule is CCCCCCCCCCOc1ccc(C(=O)Oc2ccc(OC(=O)C(C(C)=O)C(C)=O)cc2)cc1. The zero-order valence-electron chi connectivity index (χ0n) is 21.4. The lowest BCUT2D eigenvalue weighted by Gasteiger charge is -2.11. The number of unbranched alkanes of at least 4 members (excludes halogenated alkanes) is 7. The molecule has 0 amide bonds. The van der Waals surface area contributed by atoms with Gasteiger partial charge in [-0.05, 0) is 68.8 Å². The summed E-state index contributed by atoms with van der Waals surface area (Å²) in [6, 6.07) is 12.5. The van der Waals surface area contributed by atoms with Crippen molar-refractivity contribution in [3.05, 3.63) is 54.1 Å². The molecule has 0 saturated heterocycles. The topological polar surface area (TPSA) is 96.0 Å².